The second kappa shape index (κ2) is 9.26. The van der Waals surface area contributed by atoms with Crippen molar-refractivity contribution >= 4 is 22.4 Å². The number of fused-ring (bicyclic) bond motifs is 1. The molecule has 4 rings (SSSR count). The highest BCUT2D eigenvalue weighted by atomic mass is 16.5. The first-order valence-corrected chi connectivity index (χ1v) is 10.2. The van der Waals surface area contributed by atoms with E-state index >= 15 is 0 Å². The summed E-state index contributed by atoms with van der Waals surface area (Å²) in [4.78, 5) is 27.1. The molecule has 1 heterocycles. The summed E-state index contributed by atoms with van der Waals surface area (Å²) in [7, 11) is 0. The van der Waals surface area contributed by atoms with Crippen molar-refractivity contribution in [2.45, 2.75) is 13.5 Å². The zero-order valence-electron chi connectivity index (χ0n) is 17.3. The topological polar surface area (TPSA) is 64.4 Å². The van der Waals surface area contributed by atoms with Crippen LogP contribution in [0.15, 0.2) is 89.7 Å². The zero-order valence-corrected chi connectivity index (χ0v) is 17.3. The molecule has 0 fully saturated rings. The molecule has 0 spiro atoms. The summed E-state index contributed by atoms with van der Waals surface area (Å²) < 4.78 is 6.92. The van der Waals surface area contributed by atoms with Gasteiger partial charge in [0.2, 0.25) is 0 Å². The number of carbonyl (C=O) groups is 1. The van der Waals surface area contributed by atoms with Crippen LogP contribution < -0.4 is 15.2 Å². The lowest BCUT2D eigenvalue weighted by Crippen LogP contribution is -2.34. The summed E-state index contributed by atoms with van der Waals surface area (Å²) in [6, 6.07) is 26.1. The molecule has 6 nitrogen and oxygen atoms in total. The Morgan fingerprint density at radius 2 is 1.68 bits per heavy atom. The van der Waals surface area contributed by atoms with Crippen molar-refractivity contribution in [2.24, 2.45) is 0 Å². The fourth-order valence-corrected chi connectivity index (χ4v) is 3.42. The van der Waals surface area contributed by atoms with Crippen molar-refractivity contribution in [3.63, 3.8) is 0 Å². The summed E-state index contributed by atoms with van der Waals surface area (Å²) in [5.74, 6) is 0.465. The van der Waals surface area contributed by atoms with Gasteiger partial charge in [-0.3, -0.25) is 9.59 Å². The van der Waals surface area contributed by atoms with E-state index < -0.39 is 0 Å². The fraction of sp³-hybridized carbons (Fsp3) is 0.160. The standard InChI is InChI=1S/C25H23N3O3/c1-2-27(21-13-12-19-8-6-7-9-20(19)18-21)25(30)23-14-15-24(29)28(26-23)16-17-31-22-10-4-3-5-11-22/h3-15,18H,2,16-17H2,1H3. The third-order valence-corrected chi connectivity index (χ3v) is 5.01. The van der Waals surface area contributed by atoms with E-state index in [1.165, 1.54) is 16.8 Å². The molecule has 0 aliphatic rings. The number of ether oxygens (including phenoxy) is 1. The predicted octanol–water partition coefficient (Wildman–Crippen LogP) is 4.14. The van der Waals surface area contributed by atoms with Gasteiger partial charge in [0.1, 0.15) is 18.1 Å². The smallest absolute Gasteiger partial charge is 0.278 e. The largest absolute Gasteiger partial charge is 0.492 e. The third kappa shape index (κ3) is 4.64. The van der Waals surface area contributed by atoms with Crippen LogP contribution in [-0.4, -0.2) is 28.8 Å². The van der Waals surface area contributed by atoms with Gasteiger partial charge in [-0.1, -0.05) is 48.5 Å². The molecular formula is C25H23N3O3. The number of aromatic nitrogens is 2. The maximum absolute atomic E-state index is 13.2. The van der Waals surface area contributed by atoms with E-state index in [-0.39, 0.29) is 30.3 Å². The Balaban J connectivity index is 1.53. The van der Waals surface area contributed by atoms with Gasteiger partial charge >= 0.3 is 0 Å². The Labute approximate surface area is 180 Å². The van der Waals surface area contributed by atoms with Crippen LogP contribution in [0.2, 0.25) is 0 Å². The molecule has 0 saturated carbocycles. The van der Waals surface area contributed by atoms with E-state index in [4.69, 9.17) is 4.74 Å². The van der Waals surface area contributed by atoms with Gasteiger partial charge in [0, 0.05) is 18.3 Å². The summed E-state index contributed by atoms with van der Waals surface area (Å²) in [5, 5.41) is 6.46. The van der Waals surface area contributed by atoms with Crippen LogP contribution in [-0.2, 0) is 6.54 Å². The number of rotatable bonds is 7. The lowest BCUT2D eigenvalue weighted by Gasteiger charge is -2.21. The highest BCUT2D eigenvalue weighted by Gasteiger charge is 2.19. The molecule has 0 saturated heterocycles. The van der Waals surface area contributed by atoms with Crippen LogP contribution in [0.1, 0.15) is 17.4 Å². The van der Waals surface area contributed by atoms with Crippen LogP contribution in [0.3, 0.4) is 0 Å². The summed E-state index contributed by atoms with van der Waals surface area (Å²) in [5.41, 5.74) is 0.731. The molecular weight excluding hydrogens is 390 g/mol. The van der Waals surface area contributed by atoms with Gasteiger partial charge in [-0.2, -0.15) is 5.10 Å². The van der Waals surface area contributed by atoms with Crippen molar-refractivity contribution in [3.8, 4) is 5.75 Å². The van der Waals surface area contributed by atoms with Gasteiger partial charge in [-0.25, -0.2) is 4.68 Å². The molecule has 0 bridgehead atoms. The summed E-state index contributed by atoms with van der Waals surface area (Å²) >= 11 is 0. The Kier molecular flexibility index (Phi) is 6.08. The first-order chi connectivity index (χ1) is 15.2. The van der Waals surface area contributed by atoms with Gasteiger partial charge in [0.15, 0.2) is 0 Å². The van der Waals surface area contributed by atoms with Crippen molar-refractivity contribution in [3.05, 3.63) is 101 Å². The quantitative estimate of drug-likeness (QED) is 0.457. The Morgan fingerprint density at radius 3 is 2.45 bits per heavy atom. The summed E-state index contributed by atoms with van der Waals surface area (Å²) in [6.07, 6.45) is 0. The number of para-hydroxylation sites is 1. The molecule has 0 aliphatic heterocycles. The molecule has 0 aliphatic carbocycles. The number of hydrogen-bond donors (Lipinski definition) is 0. The number of anilines is 1. The van der Waals surface area contributed by atoms with Crippen LogP contribution in [0.5, 0.6) is 5.75 Å². The first kappa shape index (κ1) is 20.3. The van der Waals surface area contributed by atoms with E-state index in [0.29, 0.717) is 6.54 Å². The maximum Gasteiger partial charge on any atom is 0.278 e. The Hall–Kier alpha value is -3.93. The molecule has 31 heavy (non-hydrogen) atoms. The Bertz CT molecular complexity index is 1250. The van der Waals surface area contributed by atoms with Crippen LogP contribution in [0.25, 0.3) is 10.8 Å². The molecule has 6 heteroatoms. The van der Waals surface area contributed by atoms with Gasteiger partial charge in [-0.05, 0) is 48.0 Å². The van der Waals surface area contributed by atoms with Crippen molar-refractivity contribution in [2.75, 3.05) is 18.1 Å². The highest BCUT2D eigenvalue weighted by molar-refractivity contribution is 6.05. The first-order valence-electron chi connectivity index (χ1n) is 10.2. The lowest BCUT2D eigenvalue weighted by atomic mass is 10.1. The average molecular weight is 413 g/mol. The van der Waals surface area contributed by atoms with E-state index in [2.05, 4.69) is 5.10 Å². The summed E-state index contributed by atoms with van der Waals surface area (Å²) in [6.45, 7) is 2.92. The molecule has 0 radical (unpaired) electrons. The SMILES string of the molecule is CCN(C(=O)c1ccc(=O)n(CCOc2ccccc2)n1)c1ccc2ccccc2c1. The van der Waals surface area contributed by atoms with Crippen LogP contribution >= 0.6 is 0 Å². The van der Waals surface area contributed by atoms with Gasteiger partial charge in [0.05, 0.1) is 6.54 Å². The minimum atomic E-state index is -0.276. The number of amides is 1. The van der Waals surface area contributed by atoms with Crippen LogP contribution in [0, 0.1) is 0 Å². The van der Waals surface area contributed by atoms with Gasteiger partial charge < -0.3 is 9.64 Å². The van der Waals surface area contributed by atoms with Crippen molar-refractivity contribution < 1.29 is 9.53 Å². The minimum Gasteiger partial charge on any atom is -0.492 e. The van der Waals surface area contributed by atoms with Crippen molar-refractivity contribution in [1.29, 1.82) is 0 Å². The fourth-order valence-electron chi connectivity index (χ4n) is 3.42. The van der Waals surface area contributed by atoms with E-state index in [9.17, 15) is 9.59 Å². The minimum absolute atomic E-state index is 0.217. The van der Waals surface area contributed by atoms with E-state index in [0.717, 1.165) is 22.2 Å². The molecule has 4 aromatic rings. The molecule has 0 atom stereocenters. The molecule has 156 valence electrons. The number of carbonyl (C=O) groups excluding carboxylic acids is 1. The van der Waals surface area contributed by atoms with Crippen molar-refractivity contribution in [1.82, 2.24) is 9.78 Å². The third-order valence-electron chi connectivity index (χ3n) is 5.01. The highest BCUT2D eigenvalue weighted by Crippen LogP contribution is 2.23. The molecule has 1 amide bonds. The van der Waals surface area contributed by atoms with Gasteiger partial charge in [0.25, 0.3) is 11.5 Å². The second-order valence-electron chi connectivity index (χ2n) is 7.02. The lowest BCUT2D eigenvalue weighted by molar-refractivity contribution is 0.0980. The number of benzene rings is 3. The monoisotopic (exact) mass is 413 g/mol. The molecule has 1 aromatic heterocycles. The van der Waals surface area contributed by atoms with E-state index in [1.54, 1.807) is 4.90 Å². The van der Waals surface area contributed by atoms with Crippen LogP contribution in [0.4, 0.5) is 5.69 Å². The normalized spacial score (nSPS) is 10.7. The second-order valence-corrected chi connectivity index (χ2v) is 7.02. The molecule has 0 unspecified atom stereocenters. The number of nitrogens with zero attached hydrogens (tertiary/aromatic N) is 3. The zero-order chi connectivity index (χ0) is 21.6. The maximum atomic E-state index is 13.2. The molecule has 3 aromatic carbocycles. The average Bonchev–Trinajstić information content (AvgIpc) is 2.81. The van der Waals surface area contributed by atoms with Gasteiger partial charge in [-0.15, -0.1) is 0 Å². The molecule has 0 N–H and O–H groups in total. The van der Waals surface area contributed by atoms with E-state index in [1.807, 2.05) is 79.7 Å². The predicted molar refractivity (Wildman–Crippen MR) is 122 cm³/mol. The Morgan fingerprint density at radius 1 is 0.935 bits per heavy atom. The number of hydrogen-bond acceptors (Lipinski definition) is 4.